The molecule has 1 aliphatic rings. The van der Waals surface area contributed by atoms with E-state index in [1.165, 1.54) is 6.42 Å². The quantitative estimate of drug-likeness (QED) is 0.430. The van der Waals surface area contributed by atoms with Crippen LogP contribution >= 0.6 is 0 Å². The molecule has 0 spiro atoms. The molecule has 2 aromatic carbocycles. The lowest BCUT2D eigenvalue weighted by Crippen LogP contribution is -2.33. The second-order valence-electron chi connectivity index (χ2n) is 8.25. The lowest BCUT2D eigenvalue weighted by molar-refractivity contribution is 0.0450. The summed E-state index contributed by atoms with van der Waals surface area (Å²) in [7, 11) is 0. The van der Waals surface area contributed by atoms with Gasteiger partial charge in [-0.3, -0.25) is 4.90 Å². The third kappa shape index (κ3) is 4.85. The molecule has 4 rings (SSSR count). The summed E-state index contributed by atoms with van der Waals surface area (Å²) in [6.45, 7) is 6.91. The fourth-order valence-corrected chi connectivity index (χ4v) is 4.31. The molecule has 0 amide bonds. The summed E-state index contributed by atoms with van der Waals surface area (Å²) in [4.78, 5) is 15.3. The number of ether oxygens (including phenoxy) is 2. The largest absolute Gasteiger partial charge is 0.508 e. The molecule has 0 unspecified atom stereocenters. The maximum atomic E-state index is 12.9. The lowest BCUT2D eigenvalue weighted by atomic mass is 9.98. The maximum Gasteiger partial charge on any atom is 0.342 e. The molecule has 1 saturated heterocycles. The van der Waals surface area contributed by atoms with Crippen molar-refractivity contribution >= 4 is 16.9 Å². The summed E-state index contributed by atoms with van der Waals surface area (Å²) in [6, 6.07) is 12.7. The van der Waals surface area contributed by atoms with Crippen LogP contribution in [0.1, 0.15) is 41.4 Å². The van der Waals surface area contributed by atoms with E-state index in [1.54, 1.807) is 19.1 Å². The van der Waals surface area contributed by atoms with E-state index in [-0.39, 0.29) is 19.0 Å². The van der Waals surface area contributed by atoms with Gasteiger partial charge in [-0.1, -0.05) is 25.1 Å². The summed E-state index contributed by atoms with van der Waals surface area (Å²) < 4.78 is 16.9. The highest BCUT2D eigenvalue weighted by Gasteiger charge is 2.26. The first kappa shape index (κ1) is 21.2. The van der Waals surface area contributed by atoms with E-state index in [0.717, 1.165) is 30.8 Å². The second-order valence-corrected chi connectivity index (χ2v) is 8.25. The van der Waals surface area contributed by atoms with Crippen molar-refractivity contribution in [3.05, 3.63) is 59.4 Å². The van der Waals surface area contributed by atoms with Crippen LogP contribution < -0.4 is 4.74 Å². The average molecular weight is 424 g/mol. The molecule has 1 aliphatic heterocycles. The third-order valence-electron chi connectivity index (χ3n) is 5.77. The van der Waals surface area contributed by atoms with Crippen LogP contribution in [0.5, 0.6) is 11.5 Å². The predicted molar refractivity (Wildman–Crippen MR) is 119 cm³/mol. The zero-order valence-electron chi connectivity index (χ0n) is 18.1. The van der Waals surface area contributed by atoms with E-state index in [4.69, 9.17) is 13.9 Å². The molecular weight excluding hydrogens is 394 g/mol. The van der Waals surface area contributed by atoms with Crippen LogP contribution in [0.4, 0.5) is 0 Å². The van der Waals surface area contributed by atoms with Gasteiger partial charge >= 0.3 is 5.97 Å². The van der Waals surface area contributed by atoms with E-state index >= 15 is 0 Å². The van der Waals surface area contributed by atoms with Crippen LogP contribution in [0.2, 0.25) is 0 Å². The fraction of sp³-hybridized carbons (Fsp3) is 0.400. The number of aromatic hydroxyl groups is 1. The van der Waals surface area contributed by atoms with Gasteiger partial charge in [-0.2, -0.15) is 0 Å². The van der Waals surface area contributed by atoms with Gasteiger partial charge in [0, 0.05) is 24.0 Å². The van der Waals surface area contributed by atoms with Gasteiger partial charge in [-0.05, 0) is 56.5 Å². The number of nitrogens with zero attached hydrogens (tertiary/aromatic N) is 1. The number of para-hydroxylation sites is 1. The Hall–Kier alpha value is -2.99. The summed E-state index contributed by atoms with van der Waals surface area (Å²) in [5, 5.41) is 11.3. The Labute approximate surface area is 182 Å². The first-order valence-corrected chi connectivity index (χ1v) is 10.8. The fourth-order valence-electron chi connectivity index (χ4n) is 4.31. The van der Waals surface area contributed by atoms with Crippen molar-refractivity contribution in [1.29, 1.82) is 0 Å². The Bertz CT molecular complexity index is 1040. The molecule has 0 bridgehead atoms. The highest BCUT2D eigenvalue weighted by atomic mass is 16.6. The number of phenols is 1. The number of likely N-dealkylation sites (tertiary alicyclic amines) is 1. The molecule has 0 aliphatic carbocycles. The first-order chi connectivity index (χ1) is 15.0. The van der Waals surface area contributed by atoms with Crippen LogP contribution in [0.25, 0.3) is 11.0 Å². The van der Waals surface area contributed by atoms with Crippen molar-refractivity contribution in [3.63, 3.8) is 0 Å². The van der Waals surface area contributed by atoms with Crippen molar-refractivity contribution in [2.45, 2.75) is 33.2 Å². The van der Waals surface area contributed by atoms with Crippen molar-refractivity contribution in [2.75, 3.05) is 26.3 Å². The third-order valence-corrected chi connectivity index (χ3v) is 5.77. The van der Waals surface area contributed by atoms with Gasteiger partial charge in [0.25, 0.3) is 0 Å². The molecule has 1 atom stereocenters. The number of aryl methyl sites for hydroxylation is 1. The minimum absolute atomic E-state index is 0.123. The summed E-state index contributed by atoms with van der Waals surface area (Å²) in [6.07, 6.45) is 2.36. The molecule has 31 heavy (non-hydrogen) atoms. The number of carbonyl (C=O) groups excluding carboxylic acids is 1. The lowest BCUT2D eigenvalue weighted by Gasteiger charge is -2.31. The minimum atomic E-state index is -0.466. The van der Waals surface area contributed by atoms with E-state index in [1.807, 2.05) is 30.3 Å². The van der Waals surface area contributed by atoms with Crippen LogP contribution in [-0.4, -0.2) is 42.3 Å². The number of rotatable bonds is 7. The normalized spacial score (nSPS) is 17.0. The van der Waals surface area contributed by atoms with Gasteiger partial charge in [0.15, 0.2) is 0 Å². The summed E-state index contributed by atoms with van der Waals surface area (Å²) >= 11 is 0. The molecule has 0 radical (unpaired) electrons. The van der Waals surface area contributed by atoms with E-state index < -0.39 is 5.97 Å². The first-order valence-electron chi connectivity index (χ1n) is 10.8. The molecule has 6 heteroatoms. The molecule has 1 fully saturated rings. The monoisotopic (exact) mass is 423 g/mol. The molecule has 164 valence electrons. The van der Waals surface area contributed by atoms with Gasteiger partial charge < -0.3 is 19.0 Å². The Morgan fingerprint density at radius 3 is 2.77 bits per heavy atom. The standard InChI is InChI=1S/C25H29NO5/c1-17-7-6-12-26(15-17)16-20-21(27)10-11-22-24(20)23(18(2)31-22)25(28)30-14-13-29-19-8-4-3-5-9-19/h3-5,8-11,17,27H,6-7,12-16H2,1-2H3/t17-/m1/s1. The van der Waals surface area contributed by atoms with Crippen LogP contribution in [0.3, 0.4) is 0 Å². The van der Waals surface area contributed by atoms with Crippen molar-refractivity contribution in [3.8, 4) is 11.5 Å². The molecule has 6 nitrogen and oxygen atoms in total. The molecule has 0 saturated carbocycles. The zero-order valence-corrected chi connectivity index (χ0v) is 18.1. The Kier molecular flexibility index (Phi) is 6.47. The maximum absolute atomic E-state index is 12.9. The van der Waals surface area contributed by atoms with Crippen molar-refractivity contribution in [2.24, 2.45) is 5.92 Å². The molecule has 1 N–H and O–H groups in total. The Morgan fingerprint density at radius 1 is 1.19 bits per heavy atom. The number of esters is 1. The van der Waals surface area contributed by atoms with Gasteiger partial charge in [0.1, 0.15) is 41.6 Å². The van der Waals surface area contributed by atoms with Crippen LogP contribution in [0, 0.1) is 12.8 Å². The van der Waals surface area contributed by atoms with E-state index in [2.05, 4.69) is 11.8 Å². The molecule has 2 heterocycles. The number of benzene rings is 2. The Balaban J connectivity index is 1.52. The second kappa shape index (κ2) is 9.43. The van der Waals surface area contributed by atoms with Crippen LogP contribution in [0.15, 0.2) is 46.9 Å². The summed E-state index contributed by atoms with van der Waals surface area (Å²) in [5.74, 6) is 1.55. The number of hydrogen-bond acceptors (Lipinski definition) is 6. The number of fused-ring (bicyclic) bond motifs is 1. The van der Waals surface area contributed by atoms with Gasteiger partial charge in [-0.15, -0.1) is 0 Å². The van der Waals surface area contributed by atoms with Gasteiger partial charge in [0.05, 0.1) is 0 Å². The average Bonchev–Trinajstić information content (AvgIpc) is 3.10. The van der Waals surface area contributed by atoms with Crippen molar-refractivity contribution < 1.29 is 23.8 Å². The smallest absolute Gasteiger partial charge is 0.342 e. The molecule has 1 aromatic heterocycles. The Morgan fingerprint density at radius 2 is 2.00 bits per heavy atom. The molecule has 3 aromatic rings. The molecular formula is C25H29NO5. The van der Waals surface area contributed by atoms with Crippen LogP contribution in [-0.2, 0) is 11.3 Å². The highest BCUT2D eigenvalue weighted by Crippen LogP contribution is 2.35. The predicted octanol–water partition coefficient (Wildman–Crippen LogP) is 4.91. The topological polar surface area (TPSA) is 72.1 Å². The van der Waals surface area contributed by atoms with Gasteiger partial charge in [0.2, 0.25) is 0 Å². The number of phenolic OH excluding ortho intramolecular Hbond substituents is 1. The van der Waals surface area contributed by atoms with E-state index in [0.29, 0.717) is 34.8 Å². The van der Waals surface area contributed by atoms with Crippen molar-refractivity contribution in [1.82, 2.24) is 4.90 Å². The number of furan rings is 1. The SMILES string of the molecule is Cc1oc2ccc(O)c(CN3CCC[C@@H](C)C3)c2c1C(=O)OCCOc1ccccc1. The van der Waals surface area contributed by atoms with Gasteiger partial charge in [-0.25, -0.2) is 4.79 Å². The highest BCUT2D eigenvalue weighted by molar-refractivity contribution is 6.06. The zero-order chi connectivity index (χ0) is 21.8. The number of hydrogen-bond donors (Lipinski definition) is 1. The van der Waals surface area contributed by atoms with E-state index in [9.17, 15) is 9.90 Å². The number of carbonyl (C=O) groups is 1. The number of piperidine rings is 1. The summed E-state index contributed by atoms with van der Waals surface area (Å²) in [5.41, 5.74) is 1.68. The minimum Gasteiger partial charge on any atom is -0.508 e.